The van der Waals surface area contributed by atoms with E-state index in [1.807, 2.05) is 37.3 Å². The second-order valence-electron chi connectivity index (χ2n) is 8.64. The van der Waals surface area contributed by atoms with Crippen LogP contribution in [0.1, 0.15) is 47.4 Å². The minimum Gasteiger partial charge on any atom is -0.411 e. The zero-order chi connectivity index (χ0) is 24.5. The Morgan fingerprint density at radius 3 is 2.47 bits per heavy atom. The minimum absolute atomic E-state index is 0.157. The highest BCUT2D eigenvalue weighted by Gasteiger charge is 2.35. The number of benzene rings is 2. The number of hydrogen-bond acceptors (Lipinski definition) is 5. The molecule has 0 spiro atoms. The van der Waals surface area contributed by atoms with Gasteiger partial charge >= 0.3 is 0 Å². The number of nitrogens with one attached hydrogen (secondary N) is 1. The van der Waals surface area contributed by atoms with Gasteiger partial charge in [-0.2, -0.15) is 0 Å². The monoisotopic (exact) mass is 499 g/mol. The lowest BCUT2D eigenvalue weighted by molar-refractivity contribution is 0.317. The quantitative estimate of drug-likeness (QED) is 0.267. The van der Waals surface area contributed by atoms with Crippen molar-refractivity contribution in [2.45, 2.75) is 37.4 Å². The van der Waals surface area contributed by atoms with Crippen LogP contribution in [0.25, 0.3) is 0 Å². The highest BCUT2D eigenvalue weighted by molar-refractivity contribution is 7.93. The maximum atomic E-state index is 12.3. The Balaban J connectivity index is 1.69. The van der Waals surface area contributed by atoms with Gasteiger partial charge in [0.15, 0.2) is 0 Å². The predicted molar refractivity (Wildman–Crippen MR) is 135 cm³/mol. The predicted octanol–water partition coefficient (Wildman–Crippen LogP) is 4.65. The van der Waals surface area contributed by atoms with Crippen molar-refractivity contribution >= 4 is 33.0 Å². The van der Waals surface area contributed by atoms with Crippen molar-refractivity contribution in [3.8, 4) is 0 Å². The molecule has 0 saturated heterocycles. The Morgan fingerprint density at radius 1 is 1.18 bits per heavy atom. The highest BCUT2D eigenvalue weighted by Crippen LogP contribution is 2.34. The molecule has 1 saturated carbocycles. The van der Waals surface area contributed by atoms with Crippen molar-refractivity contribution in [2.24, 2.45) is 12.2 Å². The molecule has 1 heterocycles. The molecule has 7 nitrogen and oxygen atoms in total. The van der Waals surface area contributed by atoms with Crippen LogP contribution in [0, 0.1) is 6.92 Å². The summed E-state index contributed by atoms with van der Waals surface area (Å²) in [5.74, 6) is -0.200. The van der Waals surface area contributed by atoms with E-state index in [1.165, 1.54) is 10.6 Å². The molecule has 3 aromatic rings. The maximum absolute atomic E-state index is 12.3. The molecule has 1 unspecified atom stereocenters. The second kappa shape index (κ2) is 9.64. The number of hydrogen-bond donors (Lipinski definition) is 2. The number of anilines is 1. The summed E-state index contributed by atoms with van der Waals surface area (Å²) < 4.78 is 28.6. The first kappa shape index (κ1) is 24.0. The molecule has 34 heavy (non-hydrogen) atoms. The molecule has 9 heteroatoms. The third-order valence-corrected chi connectivity index (χ3v) is 8.19. The number of aryl methyl sites for hydroxylation is 2. The van der Waals surface area contributed by atoms with Crippen LogP contribution in [0.5, 0.6) is 0 Å². The second-order valence-corrected chi connectivity index (χ2v) is 11.0. The minimum atomic E-state index is -3.35. The summed E-state index contributed by atoms with van der Waals surface area (Å²) in [5, 5.41) is 13.7. The van der Waals surface area contributed by atoms with E-state index in [4.69, 9.17) is 11.6 Å². The van der Waals surface area contributed by atoms with E-state index < -0.39 is 10.0 Å². The van der Waals surface area contributed by atoms with Crippen molar-refractivity contribution < 1.29 is 13.6 Å². The van der Waals surface area contributed by atoms with Crippen LogP contribution >= 0.6 is 11.6 Å². The summed E-state index contributed by atoms with van der Waals surface area (Å²) >= 11 is 6.18. The number of aromatic nitrogens is 1. The van der Waals surface area contributed by atoms with Crippen molar-refractivity contribution in [1.29, 1.82) is 0 Å². The Labute approximate surface area is 203 Å². The van der Waals surface area contributed by atoms with E-state index in [1.54, 1.807) is 31.4 Å². The van der Waals surface area contributed by atoms with Crippen LogP contribution in [-0.4, -0.2) is 29.2 Å². The Morgan fingerprint density at radius 2 is 1.88 bits per heavy atom. The van der Waals surface area contributed by atoms with E-state index in [2.05, 4.69) is 9.88 Å². The Bertz CT molecular complexity index is 1390. The third kappa shape index (κ3) is 5.34. The van der Waals surface area contributed by atoms with Gasteiger partial charge in [0.25, 0.3) is 0 Å². The van der Waals surface area contributed by atoms with Gasteiger partial charge in [-0.15, -0.1) is 0 Å². The molecule has 1 atom stereocenters. The number of sulfonamides is 1. The molecule has 1 aromatic heterocycles. The molecule has 1 aliphatic rings. The summed E-state index contributed by atoms with van der Waals surface area (Å²) in [5.41, 5.74) is 4.32. The number of halogens is 1. The fourth-order valence-electron chi connectivity index (χ4n) is 4.02. The number of oxime groups is 1. The summed E-state index contributed by atoms with van der Waals surface area (Å²) in [6.07, 6.45) is 3.38. The lowest BCUT2D eigenvalue weighted by atomic mass is 9.83. The lowest BCUT2D eigenvalue weighted by Gasteiger charge is -2.22. The van der Waals surface area contributed by atoms with Gasteiger partial charge in [0.2, 0.25) is 15.6 Å². The summed E-state index contributed by atoms with van der Waals surface area (Å²) in [6.45, 7) is 1.97. The average Bonchev–Trinajstić information content (AvgIpc) is 3.64. The van der Waals surface area contributed by atoms with Crippen molar-refractivity contribution in [3.63, 3.8) is 0 Å². The van der Waals surface area contributed by atoms with Crippen LogP contribution in [-0.2, 0) is 17.1 Å². The molecule has 0 aliphatic heterocycles. The van der Waals surface area contributed by atoms with Crippen LogP contribution in [0.3, 0.4) is 0 Å². The first-order valence-corrected chi connectivity index (χ1v) is 12.9. The molecular weight excluding hydrogens is 474 g/mol. The zero-order valence-corrected chi connectivity index (χ0v) is 20.5. The maximum Gasteiger partial charge on any atom is 0.250 e. The van der Waals surface area contributed by atoms with Gasteiger partial charge in [0.05, 0.1) is 11.0 Å². The van der Waals surface area contributed by atoms with Crippen LogP contribution in [0.15, 0.2) is 70.7 Å². The van der Waals surface area contributed by atoms with Crippen LogP contribution < -0.4 is 10.3 Å². The first-order valence-electron chi connectivity index (χ1n) is 10.9. The molecule has 0 radical (unpaired) electrons. The summed E-state index contributed by atoms with van der Waals surface area (Å²) in [4.78, 5) is 11.8. The molecule has 1 aliphatic carbocycles. The van der Waals surface area contributed by atoms with Crippen LogP contribution in [0.4, 0.5) is 5.69 Å². The number of rotatable bonds is 8. The standard InChI is InChI=1S/C25H26ClN3O4S/c1-16-13-19(26)6-11-22(16)23(14-24(27-31)18-5-12-25(30)29(2)15-18)17-3-7-20(8-4-17)28-34(32,33)21-9-10-21/h3-8,11-13,15,21,23,28,31H,9-10,14H2,1-2H3/b27-24+. The molecule has 4 rings (SSSR count). The molecule has 2 N–H and O–H groups in total. The highest BCUT2D eigenvalue weighted by atomic mass is 35.5. The Kier molecular flexibility index (Phi) is 6.81. The molecule has 2 aromatic carbocycles. The summed E-state index contributed by atoms with van der Waals surface area (Å²) in [7, 11) is -1.71. The largest absolute Gasteiger partial charge is 0.411 e. The average molecular weight is 500 g/mol. The van der Waals surface area contributed by atoms with Crippen molar-refractivity contribution in [3.05, 3.63) is 98.4 Å². The van der Waals surface area contributed by atoms with E-state index in [-0.39, 0.29) is 16.7 Å². The van der Waals surface area contributed by atoms with Crippen molar-refractivity contribution in [2.75, 3.05) is 4.72 Å². The molecule has 0 amide bonds. The van der Waals surface area contributed by atoms with E-state index >= 15 is 0 Å². The summed E-state index contributed by atoms with van der Waals surface area (Å²) in [6, 6.07) is 16.0. The SMILES string of the molecule is Cc1cc(Cl)ccc1C(C/C(=N\O)c1ccc(=O)n(C)c1)c1ccc(NS(=O)(=O)C2CC2)cc1. The van der Waals surface area contributed by atoms with Gasteiger partial charge in [-0.1, -0.05) is 35.0 Å². The van der Waals surface area contributed by atoms with Gasteiger partial charge in [0.1, 0.15) is 0 Å². The number of nitrogens with zero attached hydrogens (tertiary/aromatic N) is 2. The zero-order valence-electron chi connectivity index (χ0n) is 18.9. The van der Waals surface area contributed by atoms with Gasteiger partial charge in [-0.25, -0.2) is 8.42 Å². The van der Waals surface area contributed by atoms with E-state index in [0.29, 0.717) is 41.2 Å². The van der Waals surface area contributed by atoms with Gasteiger partial charge < -0.3 is 9.77 Å². The van der Waals surface area contributed by atoms with Gasteiger partial charge in [0, 0.05) is 47.9 Å². The van der Waals surface area contributed by atoms with Gasteiger partial charge in [-0.05, 0) is 66.8 Å². The van der Waals surface area contributed by atoms with Gasteiger partial charge in [-0.3, -0.25) is 9.52 Å². The molecular formula is C25H26ClN3O4S. The fraction of sp³-hybridized carbons (Fsp3) is 0.280. The van der Waals surface area contributed by atoms with Crippen molar-refractivity contribution in [1.82, 2.24) is 4.57 Å². The fourth-order valence-corrected chi connectivity index (χ4v) is 5.64. The normalized spacial score (nSPS) is 15.2. The lowest BCUT2D eigenvalue weighted by Crippen LogP contribution is -2.18. The van der Waals surface area contributed by atoms with Crippen LogP contribution in [0.2, 0.25) is 5.02 Å². The first-order chi connectivity index (χ1) is 16.2. The Hall–Kier alpha value is -3.10. The number of pyridine rings is 1. The van der Waals surface area contributed by atoms with E-state index in [0.717, 1.165) is 16.7 Å². The molecule has 178 valence electrons. The molecule has 1 fully saturated rings. The topological polar surface area (TPSA) is 101 Å². The molecule has 0 bridgehead atoms. The third-order valence-electron chi connectivity index (χ3n) is 6.08. The smallest absolute Gasteiger partial charge is 0.250 e. The van der Waals surface area contributed by atoms with E-state index in [9.17, 15) is 18.4 Å².